The van der Waals surface area contributed by atoms with Gasteiger partial charge < -0.3 is 14.9 Å². The fourth-order valence-electron chi connectivity index (χ4n) is 1.87. The summed E-state index contributed by atoms with van der Waals surface area (Å²) in [7, 11) is 1.78. The number of hydrogen-bond donors (Lipinski definition) is 1. The number of aliphatic carboxylic acids is 1. The molecule has 1 atom stereocenters. The number of carboxylic acid groups (broad SMARTS) is 1. The Morgan fingerprint density at radius 2 is 2.27 bits per heavy atom. The van der Waals surface area contributed by atoms with Gasteiger partial charge in [-0.25, -0.2) is 4.79 Å². The van der Waals surface area contributed by atoms with Crippen LogP contribution in [-0.2, 0) is 4.79 Å². The Morgan fingerprint density at radius 3 is 2.80 bits per heavy atom. The number of carbonyl (C=O) groups excluding carboxylic acids is 1. The minimum atomic E-state index is -0.857. The Morgan fingerprint density at radius 1 is 1.60 bits per heavy atom. The maximum absolute atomic E-state index is 11.7. The fourth-order valence-corrected chi connectivity index (χ4v) is 1.87. The lowest BCUT2D eigenvalue weighted by molar-refractivity contribution is -0.137. The molecular weight excluding hydrogens is 196 g/mol. The first-order valence-electron chi connectivity index (χ1n) is 5.29. The Bertz CT molecular complexity index is 255. The Kier molecular flexibility index (Phi) is 3.94. The molecule has 1 unspecified atom stereocenters. The highest BCUT2D eigenvalue weighted by molar-refractivity contribution is 5.77. The highest BCUT2D eigenvalue weighted by atomic mass is 16.4. The molecule has 5 nitrogen and oxygen atoms in total. The van der Waals surface area contributed by atoms with Crippen molar-refractivity contribution in [3.63, 3.8) is 0 Å². The Labute approximate surface area is 89.7 Å². The van der Waals surface area contributed by atoms with Gasteiger partial charge >= 0.3 is 12.0 Å². The van der Waals surface area contributed by atoms with E-state index in [-0.39, 0.29) is 18.5 Å². The summed E-state index contributed by atoms with van der Waals surface area (Å²) in [5.74, 6) is -0.857. The highest BCUT2D eigenvalue weighted by Crippen LogP contribution is 2.17. The SMILES string of the molecule is CCCC1CN(CCC(=O)O)C(=O)N1C. The minimum Gasteiger partial charge on any atom is -0.481 e. The zero-order valence-corrected chi connectivity index (χ0v) is 9.27. The van der Waals surface area contributed by atoms with Crippen LogP contribution in [0, 0.1) is 0 Å². The summed E-state index contributed by atoms with van der Waals surface area (Å²) in [5.41, 5.74) is 0. The van der Waals surface area contributed by atoms with Crippen molar-refractivity contribution in [1.29, 1.82) is 0 Å². The third-order valence-electron chi connectivity index (χ3n) is 2.77. The molecule has 15 heavy (non-hydrogen) atoms. The van der Waals surface area contributed by atoms with E-state index in [2.05, 4.69) is 6.92 Å². The van der Waals surface area contributed by atoms with Gasteiger partial charge in [-0.05, 0) is 6.42 Å². The molecule has 0 aliphatic carbocycles. The zero-order valence-electron chi connectivity index (χ0n) is 9.27. The van der Waals surface area contributed by atoms with E-state index < -0.39 is 5.97 Å². The van der Waals surface area contributed by atoms with Crippen molar-refractivity contribution in [3.8, 4) is 0 Å². The van der Waals surface area contributed by atoms with E-state index in [1.54, 1.807) is 16.8 Å². The molecule has 0 radical (unpaired) electrons. The number of rotatable bonds is 5. The van der Waals surface area contributed by atoms with Gasteiger partial charge in [-0.1, -0.05) is 13.3 Å². The lowest BCUT2D eigenvalue weighted by atomic mass is 10.1. The summed E-state index contributed by atoms with van der Waals surface area (Å²) in [6.07, 6.45) is 2.04. The number of urea groups is 1. The fraction of sp³-hybridized carbons (Fsp3) is 0.800. The molecule has 1 aliphatic rings. The normalized spacial score (nSPS) is 21.2. The Balaban J connectivity index is 2.47. The first-order valence-corrected chi connectivity index (χ1v) is 5.29. The smallest absolute Gasteiger partial charge is 0.320 e. The van der Waals surface area contributed by atoms with Crippen LogP contribution in [-0.4, -0.2) is 53.1 Å². The summed E-state index contributed by atoms with van der Waals surface area (Å²) >= 11 is 0. The molecule has 1 heterocycles. The van der Waals surface area contributed by atoms with Crippen LogP contribution in [0.15, 0.2) is 0 Å². The zero-order chi connectivity index (χ0) is 11.4. The largest absolute Gasteiger partial charge is 0.481 e. The molecule has 1 N–H and O–H groups in total. The lowest BCUT2D eigenvalue weighted by Crippen LogP contribution is -2.32. The first kappa shape index (κ1) is 11.8. The molecule has 86 valence electrons. The van der Waals surface area contributed by atoms with Crippen LogP contribution < -0.4 is 0 Å². The second-order valence-electron chi connectivity index (χ2n) is 3.93. The van der Waals surface area contributed by atoms with Crippen LogP contribution in [0.5, 0.6) is 0 Å². The second kappa shape index (κ2) is 5.00. The number of nitrogens with zero attached hydrogens (tertiary/aromatic N) is 2. The first-order chi connectivity index (χ1) is 7.06. The van der Waals surface area contributed by atoms with Gasteiger partial charge in [0.15, 0.2) is 0 Å². The quantitative estimate of drug-likeness (QED) is 0.742. The molecule has 1 rings (SSSR count). The monoisotopic (exact) mass is 214 g/mol. The molecule has 1 saturated heterocycles. The number of carboxylic acids is 1. The molecule has 1 aliphatic heterocycles. The molecule has 0 spiro atoms. The van der Waals surface area contributed by atoms with Crippen molar-refractivity contribution in [2.24, 2.45) is 0 Å². The third-order valence-corrected chi connectivity index (χ3v) is 2.77. The van der Waals surface area contributed by atoms with Gasteiger partial charge in [0.25, 0.3) is 0 Å². The predicted octanol–water partition coefficient (Wildman–Crippen LogP) is 0.997. The van der Waals surface area contributed by atoms with Crippen LogP contribution in [0.1, 0.15) is 26.2 Å². The molecule has 0 aromatic heterocycles. The topological polar surface area (TPSA) is 60.9 Å². The molecule has 0 saturated carbocycles. The molecule has 0 aromatic carbocycles. The summed E-state index contributed by atoms with van der Waals surface area (Å²) in [6.45, 7) is 3.06. The van der Waals surface area contributed by atoms with Gasteiger partial charge in [0.05, 0.1) is 12.5 Å². The van der Waals surface area contributed by atoms with Crippen LogP contribution in [0.25, 0.3) is 0 Å². The molecule has 1 fully saturated rings. The molecule has 0 bridgehead atoms. The average Bonchev–Trinajstić information content (AvgIpc) is 2.44. The van der Waals surface area contributed by atoms with Gasteiger partial charge in [-0.15, -0.1) is 0 Å². The van der Waals surface area contributed by atoms with E-state index in [0.717, 1.165) is 12.8 Å². The van der Waals surface area contributed by atoms with Gasteiger partial charge in [0, 0.05) is 20.1 Å². The van der Waals surface area contributed by atoms with E-state index in [1.807, 2.05) is 0 Å². The Hall–Kier alpha value is -1.26. The van der Waals surface area contributed by atoms with Crippen LogP contribution in [0.4, 0.5) is 4.79 Å². The summed E-state index contributed by atoms with van der Waals surface area (Å²) in [6, 6.07) is 0.200. The van der Waals surface area contributed by atoms with Crippen molar-refractivity contribution >= 4 is 12.0 Å². The maximum Gasteiger partial charge on any atom is 0.320 e. The van der Waals surface area contributed by atoms with Crippen molar-refractivity contribution in [2.75, 3.05) is 20.1 Å². The predicted molar refractivity (Wildman–Crippen MR) is 55.7 cm³/mol. The van der Waals surface area contributed by atoms with Gasteiger partial charge in [0.2, 0.25) is 0 Å². The van der Waals surface area contributed by atoms with E-state index in [4.69, 9.17) is 5.11 Å². The van der Waals surface area contributed by atoms with E-state index >= 15 is 0 Å². The average molecular weight is 214 g/mol. The second-order valence-corrected chi connectivity index (χ2v) is 3.93. The van der Waals surface area contributed by atoms with Gasteiger partial charge in [0.1, 0.15) is 0 Å². The van der Waals surface area contributed by atoms with Gasteiger partial charge in [-0.3, -0.25) is 4.79 Å². The van der Waals surface area contributed by atoms with E-state index in [9.17, 15) is 9.59 Å². The van der Waals surface area contributed by atoms with E-state index in [1.165, 1.54) is 0 Å². The maximum atomic E-state index is 11.7. The number of likely N-dealkylation sites (N-methyl/N-ethyl adjacent to an activating group) is 1. The van der Waals surface area contributed by atoms with Crippen molar-refractivity contribution in [1.82, 2.24) is 9.80 Å². The highest BCUT2D eigenvalue weighted by Gasteiger charge is 2.33. The lowest BCUT2D eigenvalue weighted by Gasteiger charge is -2.16. The van der Waals surface area contributed by atoms with Crippen molar-refractivity contribution in [2.45, 2.75) is 32.2 Å². The molecule has 5 heteroatoms. The summed E-state index contributed by atoms with van der Waals surface area (Å²) in [4.78, 5) is 25.4. The van der Waals surface area contributed by atoms with E-state index in [0.29, 0.717) is 13.1 Å². The summed E-state index contributed by atoms with van der Waals surface area (Å²) < 4.78 is 0. The van der Waals surface area contributed by atoms with Gasteiger partial charge in [-0.2, -0.15) is 0 Å². The molecule has 0 aromatic rings. The summed E-state index contributed by atoms with van der Waals surface area (Å²) in [5, 5.41) is 8.54. The van der Waals surface area contributed by atoms with Crippen LogP contribution >= 0.6 is 0 Å². The van der Waals surface area contributed by atoms with Crippen molar-refractivity contribution < 1.29 is 14.7 Å². The third kappa shape index (κ3) is 2.84. The van der Waals surface area contributed by atoms with Crippen LogP contribution in [0.3, 0.4) is 0 Å². The number of carbonyl (C=O) groups is 2. The molecule has 2 amide bonds. The minimum absolute atomic E-state index is 0.0262. The van der Waals surface area contributed by atoms with Crippen molar-refractivity contribution in [3.05, 3.63) is 0 Å². The number of hydrogen-bond acceptors (Lipinski definition) is 2. The van der Waals surface area contributed by atoms with Crippen LogP contribution in [0.2, 0.25) is 0 Å². The molecular formula is C10H18N2O3. The number of amides is 2. The standard InChI is InChI=1S/C10H18N2O3/c1-3-4-8-7-12(6-5-9(13)14)10(15)11(8)2/h8H,3-7H2,1-2H3,(H,13,14).